The van der Waals surface area contributed by atoms with Crippen molar-refractivity contribution in [3.05, 3.63) is 108 Å². The molecule has 1 atom stereocenters. The van der Waals surface area contributed by atoms with Gasteiger partial charge in [-0.15, -0.1) is 0 Å². The molecule has 1 saturated heterocycles. The maximum atomic E-state index is 14.0. The summed E-state index contributed by atoms with van der Waals surface area (Å²) in [5.41, 5.74) is 1.33. The van der Waals surface area contributed by atoms with Crippen LogP contribution in [0.2, 0.25) is 0 Å². The number of carbonyl (C=O) groups is 1. The first-order chi connectivity index (χ1) is 16.0. The van der Waals surface area contributed by atoms with Gasteiger partial charge in [0.05, 0.1) is 19.3 Å². The lowest BCUT2D eigenvalue weighted by atomic mass is 9.78. The number of nitrogens with zero attached hydrogens (tertiary/aromatic N) is 1. The summed E-state index contributed by atoms with van der Waals surface area (Å²) < 4.78 is 32.6. The lowest BCUT2D eigenvalue weighted by Crippen LogP contribution is -2.45. The highest BCUT2D eigenvalue weighted by Gasteiger charge is 2.62. The van der Waals surface area contributed by atoms with E-state index in [1.54, 1.807) is 13.8 Å². The van der Waals surface area contributed by atoms with Gasteiger partial charge in [-0.05, 0) is 25.8 Å². The van der Waals surface area contributed by atoms with E-state index in [4.69, 9.17) is 13.8 Å². The van der Waals surface area contributed by atoms with Gasteiger partial charge < -0.3 is 4.74 Å². The third-order valence-electron chi connectivity index (χ3n) is 5.73. The second kappa shape index (κ2) is 9.92. The fourth-order valence-corrected chi connectivity index (χ4v) is 6.22. The number of ether oxygens (including phenoxy) is 1. The van der Waals surface area contributed by atoms with Crippen molar-refractivity contribution >= 4 is 13.8 Å². The topological polar surface area (TPSA) is 65.1 Å². The molecular weight excluding hydrogens is 437 g/mol. The largest absolute Gasteiger partial charge is 0.440 e. The van der Waals surface area contributed by atoms with E-state index in [2.05, 4.69) is 0 Å². The molecule has 0 N–H and O–H groups in total. The van der Waals surface area contributed by atoms with Crippen molar-refractivity contribution < 1.29 is 23.1 Å². The Morgan fingerprint density at radius 2 is 1.27 bits per heavy atom. The van der Waals surface area contributed by atoms with Crippen LogP contribution in [0.1, 0.15) is 30.5 Å². The van der Waals surface area contributed by atoms with Crippen molar-refractivity contribution in [2.24, 2.45) is 0 Å². The van der Waals surface area contributed by atoms with Crippen LogP contribution >= 0.6 is 7.75 Å². The summed E-state index contributed by atoms with van der Waals surface area (Å²) in [5.74, 6) is 0. The number of hydrogen-bond acceptors (Lipinski definition) is 5. The smallest absolute Gasteiger partial charge is 0.430 e. The summed E-state index contributed by atoms with van der Waals surface area (Å²) in [6, 6.07) is 28.2. The Labute approximate surface area is 194 Å². The molecule has 33 heavy (non-hydrogen) atoms. The summed E-state index contributed by atoms with van der Waals surface area (Å²) in [4.78, 5) is 13.5. The zero-order valence-electron chi connectivity index (χ0n) is 18.8. The number of cyclic esters (lactones) is 1. The van der Waals surface area contributed by atoms with Gasteiger partial charge in [-0.1, -0.05) is 91.0 Å². The van der Waals surface area contributed by atoms with Gasteiger partial charge in [0.15, 0.2) is 5.60 Å². The van der Waals surface area contributed by atoms with Crippen LogP contribution < -0.4 is 0 Å². The van der Waals surface area contributed by atoms with Crippen molar-refractivity contribution in [3.8, 4) is 0 Å². The average Bonchev–Trinajstić information content (AvgIpc) is 3.14. The Balaban J connectivity index is 1.96. The highest BCUT2D eigenvalue weighted by atomic mass is 31.2. The Morgan fingerprint density at radius 3 is 1.73 bits per heavy atom. The maximum Gasteiger partial charge on any atom is 0.440 e. The zero-order chi connectivity index (χ0) is 23.3. The molecular formula is C26H28NO5P. The van der Waals surface area contributed by atoms with Crippen LogP contribution in [-0.4, -0.2) is 30.0 Å². The summed E-state index contributed by atoms with van der Waals surface area (Å²) in [7, 11) is -3.98. The molecule has 1 aliphatic heterocycles. The molecule has 0 aliphatic carbocycles. The lowest BCUT2D eigenvalue weighted by Gasteiger charge is -2.37. The van der Waals surface area contributed by atoms with Crippen molar-refractivity contribution in [1.29, 1.82) is 0 Å². The second-order valence-corrected chi connectivity index (χ2v) is 9.57. The first-order valence-electron chi connectivity index (χ1n) is 11.1. The number of carbonyl (C=O) groups excluding carboxylic acids is 1. The van der Waals surface area contributed by atoms with E-state index in [-0.39, 0.29) is 13.2 Å². The molecule has 0 saturated carbocycles. The highest BCUT2D eigenvalue weighted by molar-refractivity contribution is 7.52. The first kappa shape index (κ1) is 23.2. The Kier molecular flexibility index (Phi) is 6.99. The van der Waals surface area contributed by atoms with Crippen molar-refractivity contribution in [3.63, 3.8) is 0 Å². The van der Waals surface area contributed by atoms with E-state index in [9.17, 15) is 9.36 Å². The van der Waals surface area contributed by atoms with Crippen LogP contribution in [0.5, 0.6) is 0 Å². The Morgan fingerprint density at radius 1 is 0.818 bits per heavy atom. The van der Waals surface area contributed by atoms with Crippen LogP contribution in [0.25, 0.3) is 0 Å². The molecule has 1 aliphatic rings. The number of rotatable bonds is 9. The third-order valence-corrected chi connectivity index (χ3v) is 7.86. The molecule has 0 bridgehead atoms. The van der Waals surface area contributed by atoms with Crippen LogP contribution in [0, 0.1) is 0 Å². The third kappa shape index (κ3) is 4.34. The number of benzene rings is 3. The van der Waals surface area contributed by atoms with Gasteiger partial charge in [0.1, 0.15) is 0 Å². The SMILES string of the molecule is CCOP(=O)(OCC)N1C(=O)OC(c2ccccc2)(c2ccccc2)[C@@H]1Cc1ccccc1. The molecule has 0 radical (unpaired) electrons. The van der Waals surface area contributed by atoms with E-state index in [0.717, 1.165) is 16.7 Å². The van der Waals surface area contributed by atoms with Crippen molar-refractivity contribution in [1.82, 2.24) is 4.67 Å². The van der Waals surface area contributed by atoms with Gasteiger partial charge in [0.25, 0.3) is 0 Å². The van der Waals surface area contributed by atoms with Gasteiger partial charge >= 0.3 is 13.8 Å². The lowest BCUT2D eigenvalue weighted by molar-refractivity contribution is 0.0675. The van der Waals surface area contributed by atoms with E-state index >= 15 is 0 Å². The first-order valence-corrected chi connectivity index (χ1v) is 12.6. The average molecular weight is 465 g/mol. The summed E-state index contributed by atoms with van der Waals surface area (Å²) in [6.45, 7) is 3.70. The molecule has 172 valence electrons. The van der Waals surface area contributed by atoms with Crippen LogP contribution in [0.15, 0.2) is 91.0 Å². The predicted molar refractivity (Wildman–Crippen MR) is 127 cm³/mol. The second-order valence-electron chi connectivity index (χ2n) is 7.69. The van der Waals surface area contributed by atoms with E-state index < -0.39 is 25.5 Å². The number of amides is 1. The van der Waals surface area contributed by atoms with Crippen molar-refractivity contribution in [2.45, 2.75) is 31.9 Å². The molecule has 3 aromatic rings. The summed E-state index contributed by atoms with van der Waals surface area (Å²) >= 11 is 0. The fourth-order valence-electron chi connectivity index (χ4n) is 4.42. The van der Waals surface area contributed by atoms with Gasteiger partial charge in [-0.25, -0.2) is 14.0 Å². The van der Waals surface area contributed by atoms with E-state index in [1.165, 1.54) is 4.67 Å². The Hall–Kier alpha value is -2.92. The van der Waals surface area contributed by atoms with Gasteiger partial charge in [0, 0.05) is 11.1 Å². The minimum Gasteiger partial charge on any atom is -0.430 e. The molecule has 0 unspecified atom stereocenters. The normalized spacial score (nSPS) is 17.7. The molecule has 6 nitrogen and oxygen atoms in total. The molecule has 1 amide bonds. The Bertz CT molecular complexity index is 1060. The van der Waals surface area contributed by atoms with Crippen LogP contribution in [-0.2, 0) is 30.4 Å². The van der Waals surface area contributed by atoms with Gasteiger partial charge in [-0.3, -0.25) is 9.05 Å². The summed E-state index contributed by atoms with van der Waals surface area (Å²) in [6.07, 6.45) is -0.339. The highest BCUT2D eigenvalue weighted by Crippen LogP contribution is 2.60. The van der Waals surface area contributed by atoms with Crippen molar-refractivity contribution in [2.75, 3.05) is 13.2 Å². The molecule has 0 spiro atoms. The molecule has 4 rings (SSSR count). The summed E-state index contributed by atoms with van der Waals surface area (Å²) in [5, 5.41) is 0. The standard InChI is InChI=1S/C26H28NO5P/c1-3-30-33(29,31-4-2)27-24(20-21-14-8-5-9-15-21)26(32-25(27)28,22-16-10-6-11-17-22)23-18-12-7-13-19-23/h5-19,24H,3-4,20H2,1-2H3/t24-/m0/s1. The maximum absolute atomic E-state index is 14.0. The van der Waals surface area contributed by atoms with Crippen LogP contribution in [0.3, 0.4) is 0 Å². The predicted octanol–water partition coefficient (Wildman–Crippen LogP) is 6.17. The molecule has 1 heterocycles. The van der Waals surface area contributed by atoms with E-state index in [0.29, 0.717) is 6.42 Å². The molecule has 1 fully saturated rings. The monoisotopic (exact) mass is 465 g/mol. The fraction of sp³-hybridized carbons (Fsp3) is 0.269. The molecule has 7 heteroatoms. The number of hydrogen-bond donors (Lipinski definition) is 0. The minimum absolute atomic E-state index is 0.128. The quantitative estimate of drug-likeness (QED) is 0.353. The minimum atomic E-state index is -3.98. The molecule has 0 aromatic heterocycles. The van der Waals surface area contributed by atoms with E-state index in [1.807, 2.05) is 91.0 Å². The zero-order valence-corrected chi connectivity index (χ0v) is 19.7. The molecule has 3 aromatic carbocycles. The van der Waals surface area contributed by atoms with Gasteiger partial charge in [-0.2, -0.15) is 0 Å². The van der Waals surface area contributed by atoms with Gasteiger partial charge in [0.2, 0.25) is 0 Å². The van der Waals surface area contributed by atoms with Crippen LogP contribution in [0.4, 0.5) is 4.79 Å².